The molecule has 0 radical (unpaired) electrons. The SMILES string of the molecule is O=C(NCC1(O)CCOCC1)Nc1ccc(F)cc1Cl. The maximum absolute atomic E-state index is 12.9. The number of aliphatic hydroxyl groups is 1. The van der Waals surface area contributed by atoms with Crippen molar-refractivity contribution >= 4 is 23.3 Å². The maximum Gasteiger partial charge on any atom is 0.319 e. The molecule has 1 saturated heterocycles. The van der Waals surface area contributed by atoms with Gasteiger partial charge < -0.3 is 20.5 Å². The molecule has 0 saturated carbocycles. The average Bonchev–Trinajstić information content (AvgIpc) is 2.41. The van der Waals surface area contributed by atoms with Crippen LogP contribution in [0.4, 0.5) is 14.9 Å². The fourth-order valence-corrected chi connectivity index (χ4v) is 2.14. The summed E-state index contributed by atoms with van der Waals surface area (Å²) in [7, 11) is 0. The van der Waals surface area contributed by atoms with Crippen molar-refractivity contribution in [2.45, 2.75) is 18.4 Å². The van der Waals surface area contributed by atoms with Gasteiger partial charge in [-0.2, -0.15) is 0 Å². The Kier molecular flexibility index (Phi) is 4.80. The maximum atomic E-state index is 12.9. The zero-order valence-corrected chi connectivity index (χ0v) is 11.5. The minimum Gasteiger partial charge on any atom is -0.388 e. The van der Waals surface area contributed by atoms with Crippen LogP contribution in [-0.4, -0.2) is 36.5 Å². The van der Waals surface area contributed by atoms with Gasteiger partial charge >= 0.3 is 6.03 Å². The van der Waals surface area contributed by atoms with Crippen LogP contribution in [0.5, 0.6) is 0 Å². The van der Waals surface area contributed by atoms with E-state index in [1.165, 1.54) is 12.1 Å². The topological polar surface area (TPSA) is 70.6 Å². The van der Waals surface area contributed by atoms with Gasteiger partial charge in [-0.3, -0.25) is 0 Å². The van der Waals surface area contributed by atoms with Gasteiger partial charge in [-0.05, 0) is 18.2 Å². The third kappa shape index (κ3) is 4.06. The molecule has 1 fully saturated rings. The monoisotopic (exact) mass is 302 g/mol. The van der Waals surface area contributed by atoms with Crippen molar-refractivity contribution in [1.29, 1.82) is 0 Å². The number of hydrogen-bond donors (Lipinski definition) is 3. The van der Waals surface area contributed by atoms with Crippen LogP contribution in [-0.2, 0) is 4.74 Å². The highest BCUT2D eigenvalue weighted by Gasteiger charge is 2.30. The quantitative estimate of drug-likeness (QED) is 0.801. The summed E-state index contributed by atoms with van der Waals surface area (Å²) in [6, 6.07) is 3.19. The molecule has 1 aliphatic heterocycles. The second kappa shape index (κ2) is 6.39. The molecule has 2 rings (SSSR count). The van der Waals surface area contributed by atoms with Crippen LogP contribution in [0.15, 0.2) is 18.2 Å². The van der Waals surface area contributed by atoms with Crippen molar-refractivity contribution < 1.29 is 19.0 Å². The van der Waals surface area contributed by atoms with Crippen LogP contribution in [0.3, 0.4) is 0 Å². The molecule has 1 heterocycles. The van der Waals surface area contributed by atoms with E-state index in [0.29, 0.717) is 31.7 Å². The van der Waals surface area contributed by atoms with E-state index in [2.05, 4.69) is 10.6 Å². The molecule has 0 bridgehead atoms. The first-order chi connectivity index (χ1) is 9.48. The van der Waals surface area contributed by atoms with Crippen molar-refractivity contribution in [3.63, 3.8) is 0 Å². The summed E-state index contributed by atoms with van der Waals surface area (Å²) in [6.07, 6.45) is 0.954. The number of nitrogens with one attached hydrogen (secondary N) is 2. The van der Waals surface area contributed by atoms with Crippen molar-refractivity contribution in [3.8, 4) is 0 Å². The Morgan fingerprint density at radius 1 is 1.45 bits per heavy atom. The summed E-state index contributed by atoms with van der Waals surface area (Å²) in [5.74, 6) is -0.475. The van der Waals surface area contributed by atoms with Gasteiger partial charge in [0.15, 0.2) is 0 Å². The average molecular weight is 303 g/mol. The number of anilines is 1. The largest absolute Gasteiger partial charge is 0.388 e. The lowest BCUT2D eigenvalue weighted by Crippen LogP contribution is -2.47. The number of hydrogen-bond acceptors (Lipinski definition) is 3. The van der Waals surface area contributed by atoms with Gasteiger partial charge in [-0.25, -0.2) is 9.18 Å². The molecule has 0 atom stereocenters. The lowest BCUT2D eigenvalue weighted by atomic mass is 9.94. The zero-order valence-electron chi connectivity index (χ0n) is 10.8. The van der Waals surface area contributed by atoms with Crippen molar-refractivity contribution in [1.82, 2.24) is 5.32 Å². The van der Waals surface area contributed by atoms with Gasteiger partial charge in [-0.1, -0.05) is 11.6 Å². The predicted octanol–water partition coefficient (Wildman–Crippen LogP) is 2.14. The van der Waals surface area contributed by atoms with E-state index < -0.39 is 17.4 Å². The van der Waals surface area contributed by atoms with E-state index in [9.17, 15) is 14.3 Å². The number of ether oxygens (including phenoxy) is 1. The Balaban J connectivity index is 1.86. The summed E-state index contributed by atoms with van der Waals surface area (Å²) >= 11 is 5.80. The Labute approximate surface area is 121 Å². The summed E-state index contributed by atoms with van der Waals surface area (Å²) in [4.78, 5) is 11.7. The molecule has 1 aromatic rings. The van der Waals surface area contributed by atoms with Crippen LogP contribution in [0.1, 0.15) is 12.8 Å². The Hall–Kier alpha value is -1.37. The van der Waals surface area contributed by atoms with E-state index in [1.54, 1.807) is 0 Å². The molecule has 0 aliphatic carbocycles. The normalized spacial score (nSPS) is 17.6. The lowest BCUT2D eigenvalue weighted by molar-refractivity contribution is -0.0598. The molecule has 5 nitrogen and oxygen atoms in total. The molecular formula is C13H16ClFN2O3. The lowest BCUT2D eigenvalue weighted by Gasteiger charge is -2.32. The number of carbonyl (C=O) groups is 1. The van der Waals surface area contributed by atoms with E-state index in [0.717, 1.165) is 6.07 Å². The molecule has 0 unspecified atom stereocenters. The van der Waals surface area contributed by atoms with Crippen molar-refractivity contribution in [2.24, 2.45) is 0 Å². The molecule has 1 aromatic carbocycles. The standard InChI is InChI=1S/C13H16ClFN2O3/c14-10-7-9(15)1-2-11(10)17-12(18)16-8-13(19)3-5-20-6-4-13/h1-2,7,19H,3-6,8H2,(H2,16,17,18). The smallest absolute Gasteiger partial charge is 0.319 e. The minimum absolute atomic E-state index is 0.116. The van der Waals surface area contributed by atoms with Gasteiger partial charge in [0.2, 0.25) is 0 Å². The summed E-state index contributed by atoms with van der Waals surface area (Å²) in [5, 5.41) is 15.4. The van der Waals surface area contributed by atoms with Crippen LogP contribution in [0.2, 0.25) is 5.02 Å². The Bertz CT molecular complexity index is 493. The van der Waals surface area contributed by atoms with E-state index in [4.69, 9.17) is 16.3 Å². The number of halogens is 2. The molecule has 3 N–H and O–H groups in total. The highest BCUT2D eigenvalue weighted by molar-refractivity contribution is 6.33. The summed E-state index contributed by atoms with van der Waals surface area (Å²) < 4.78 is 18.0. The number of amides is 2. The highest BCUT2D eigenvalue weighted by atomic mass is 35.5. The Morgan fingerprint density at radius 2 is 2.15 bits per heavy atom. The molecule has 0 spiro atoms. The molecule has 7 heteroatoms. The molecule has 0 aromatic heterocycles. The second-order valence-corrected chi connectivity index (χ2v) is 5.18. The van der Waals surface area contributed by atoms with Gasteiger partial charge in [0.25, 0.3) is 0 Å². The summed E-state index contributed by atoms with van der Waals surface area (Å²) in [6.45, 7) is 1.08. The number of urea groups is 1. The number of benzene rings is 1. The molecule has 1 aliphatic rings. The molecule has 2 amide bonds. The first-order valence-corrected chi connectivity index (χ1v) is 6.66. The Morgan fingerprint density at radius 3 is 2.80 bits per heavy atom. The molecule has 20 heavy (non-hydrogen) atoms. The first-order valence-electron chi connectivity index (χ1n) is 6.29. The minimum atomic E-state index is -0.942. The van der Waals surface area contributed by atoms with E-state index >= 15 is 0 Å². The third-order valence-corrected chi connectivity index (χ3v) is 3.49. The van der Waals surface area contributed by atoms with Gasteiger partial charge in [0, 0.05) is 32.6 Å². The van der Waals surface area contributed by atoms with E-state index in [-0.39, 0.29) is 11.6 Å². The van der Waals surface area contributed by atoms with Crippen LogP contribution in [0.25, 0.3) is 0 Å². The van der Waals surface area contributed by atoms with Gasteiger partial charge in [-0.15, -0.1) is 0 Å². The first kappa shape index (κ1) is 15.0. The number of rotatable bonds is 3. The highest BCUT2D eigenvalue weighted by Crippen LogP contribution is 2.22. The van der Waals surface area contributed by atoms with Crippen LogP contribution >= 0.6 is 11.6 Å². The molecular weight excluding hydrogens is 287 g/mol. The second-order valence-electron chi connectivity index (χ2n) is 4.77. The predicted molar refractivity (Wildman–Crippen MR) is 73.4 cm³/mol. The molecule has 110 valence electrons. The van der Waals surface area contributed by atoms with Gasteiger partial charge in [0.05, 0.1) is 16.3 Å². The van der Waals surface area contributed by atoms with Crippen LogP contribution < -0.4 is 10.6 Å². The number of carbonyl (C=O) groups excluding carboxylic acids is 1. The van der Waals surface area contributed by atoms with Gasteiger partial charge in [0.1, 0.15) is 5.82 Å². The zero-order chi connectivity index (χ0) is 14.6. The van der Waals surface area contributed by atoms with Crippen molar-refractivity contribution in [2.75, 3.05) is 25.1 Å². The van der Waals surface area contributed by atoms with E-state index in [1.807, 2.05) is 0 Å². The third-order valence-electron chi connectivity index (χ3n) is 3.18. The fourth-order valence-electron chi connectivity index (χ4n) is 1.93. The van der Waals surface area contributed by atoms with Crippen LogP contribution in [0, 0.1) is 5.82 Å². The van der Waals surface area contributed by atoms with Crippen molar-refractivity contribution in [3.05, 3.63) is 29.0 Å². The summed E-state index contributed by atoms with van der Waals surface area (Å²) in [5.41, 5.74) is -0.633. The fraction of sp³-hybridized carbons (Fsp3) is 0.462.